The number of aromatic amines is 1. The molecule has 4 nitrogen and oxygen atoms in total. The summed E-state index contributed by atoms with van der Waals surface area (Å²) >= 11 is 12.1. The molecule has 0 unspecified atom stereocenters. The highest BCUT2D eigenvalue weighted by Gasteiger charge is 2.12. The molecule has 1 aromatic heterocycles. The maximum absolute atomic E-state index is 6.11. The molecule has 1 N–H and O–H groups in total. The lowest BCUT2D eigenvalue weighted by atomic mass is 10.2. The largest absolute Gasteiger partial charge is 0.495 e. The van der Waals surface area contributed by atoms with Crippen LogP contribution in [-0.4, -0.2) is 29.0 Å². The van der Waals surface area contributed by atoms with E-state index in [0.29, 0.717) is 28.9 Å². The van der Waals surface area contributed by atoms with Crippen molar-refractivity contribution >= 4 is 23.2 Å². The molecular formula is C13H15Cl2N3O. The Morgan fingerprint density at radius 3 is 2.74 bits per heavy atom. The van der Waals surface area contributed by atoms with Gasteiger partial charge in [0.05, 0.1) is 18.7 Å². The van der Waals surface area contributed by atoms with Gasteiger partial charge < -0.3 is 9.72 Å². The zero-order valence-corrected chi connectivity index (χ0v) is 12.3. The van der Waals surface area contributed by atoms with Gasteiger partial charge >= 0.3 is 0 Å². The average Bonchev–Trinajstić information content (AvgIpc) is 2.81. The first-order valence-electron chi connectivity index (χ1n) is 5.79. The minimum atomic E-state index is 0.524. The van der Waals surface area contributed by atoms with Crippen molar-refractivity contribution in [3.05, 3.63) is 46.0 Å². The Morgan fingerprint density at radius 2 is 2.11 bits per heavy atom. The highest BCUT2D eigenvalue weighted by atomic mass is 35.5. The molecule has 0 spiro atoms. The van der Waals surface area contributed by atoms with Crippen LogP contribution in [0, 0.1) is 0 Å². The molecule has 2 rings (SSSR count). The van der Waals surface area contributed by atoms with Crippen LogP contribution < -0.4 is 4.74 Å². The van der Waals surface area contributed by atoms with Crippen molar-refractivity contribution in [3.8, 4) is 5.75 Å². The number of H-pyrrole nitrogens is 1. The average molecular weight is 300 g/mol. The van der Waals surface area contributed by atoms with Crippen LogP contribution >= 0.6 is 23.2 Å². The van der Waals surface area contributed by atoms with Crippen LogP contribution in [0.25, 0.3) is 0 Å². The lowest BCUT2D eigenvalue weighted by molar-refractivity contribution is 0.303. The van der Waals surface area contributed by atoms with E-state index in [9.17, 15) is 0 Å². The highest BCUT2D eigenvalue weighted by molar-refractivity contribution is 6.35. The second kappa shape index (κ2) is 6.28. The fourth-order valence-electron chi connectivity index (χ4n) is 1.95. The van der Waals surface area contributed by atoms with Crippen LogP contribution in [0.5, 0.6) is 5.75 Å². The Morgan fingerprint density at radius 1 is 1.32 bits per heavy atom. The van der Waals surface area contributed by atoms with Gasteiger partial charge in [-0.1, -0.05) is 23.2 Å². The van der Waals surface area contributed by atoms with Crippen LogP contribution in [0.1, 0.15) is 11.4 Å². The molecule has 0 bridgehead atoms. The molecule has 0 saturated heterocycles. The molecule has 6 heteroatoms. The van der Waals surface area contributed by atoms with Gasteiger partial charge in [-0.25, -0.2) is 4.98 Å². The summed E-state index contributed by atoms with van der Waals surface area (Å²) in [5.74, 6) is 1.58. The van der Waals surface area contributed by atoms with Crippen molar-refractivity contribution in [1.29, 1.82) is 0 Å². The van der Waals surface area contributed by atoms with E-state index in [-0.39, 0.29) is 0 Å². The van der Waals surface area contributed by atoms with Gasteiger partial charge in [-0.2, -0.15) is 0 Å². The van der Waals surface area contributed by atoms with Gasteiger partial charge in [-0.05, 0) is 19.2 Å². The van der Waals surface area contributed by atoms with Crippen molar-refractivity contribution < 1.29 is 4.74 Å². The third kappa shape index (κ3) is 3.62. The smallest absolute Gasteiger partial charge is 0.142 e. The van der Waals surface area contributed by atoms with Crippen molar-refractivity contribution in [2.24, 2.45) is 0 Å². The molecule has 2 aromatic rings. The van der Waals surface area contributed by atoms with Gasteiger partial charge in [0, 0.05) is 29.5 Å². The quantitative estimate of drug-likeness (QED) is 0.920. The fraction of sp³-hybridized carbons (Fsp3) is 0.308. The number of methoxy groups -OCH3 is 1. The van der Waals surface area contributed by atoms with Gasteiger partial charge in [0.25, 0.3) is 0 Å². The molecule has 0 amide bonds. The molecule has 0 atom stereocenters. The van der Waals surface area contributed by atoms with Crippen molar-refractivity contribution in [1.82, 2.24) is 14.9 Å². The Hall–Kier alpha value is -1.23. The summed E-state index contributed by atoms with van der Waals surface area (Å²) in [6.07, 6.45) is 3.54. The molecule has 1 aromatic carbocycles. The van der Waals surface area contributed by atoms with Gasteiger partial charge in [0.15, 0.2) is 0 Å². The lowest BCUT2D eigenvalue weighted by Gasteiger charge is -2.18. The minimum absolute atomic E-state index is 0.524. The minimum Gasteiger partial charge on any atom is -0.495 e. The predicted octanol–water partition coefficient (Wildman–Crippen LogP) is 3.36. The van der Waals surface area contributed by atoms with E-state index in [2.05, 4.69) is 14.9 Å². The number of hydrogen-bond donors (Lipinski definition) is 1. The van der Waals surface area contributed by atoms with E-state index >= 15 is 0 Å². The topological polar surface area (TPSA) is 41.1 Å². The summed E-state index contributed by atoms with van der Waals surface area (Å²) in [7, 11) is 3.60. The normalized spacial score (nSPS) is 11.0. The Balaban J connectivity index is 2.13. The summed E-state index contributed by atoms with van der Waals surface area (Å²) in [4.78, 5) is 9.36. The zero-order valence-electron chi connectivity index (χ0n) is 10.8. The van der Waals surface area contributed by atoms with Crippen molar-refractivity contribution in [2.45, 2.75) is 13.1 Å². The summed E-state index contributed by atoms with van der Waals surface area (Å²) in [6, 6.07) is 3.54. The number of ether oxygens (including phenoxy) is 1. The molecule has 0 saturated carbocycles. The van der Waals surface area contributed by atoms with Gasteiger partial charge in [-0.15, -0.1) is 0 Å². The van der Waals surface area contributed by atoms with Crippen LogP contribution in [-0.2, 0) is 13.1 Å². The van der Waals surface area contributed by atoms with Crippen LogP contribution in [0.2, 0.25) is 10.0 Å². The molecule has 0 fully saturated rings. The maximum Gasteiger partial charge on any atom is 0.142 e. The summed E-state index contributed by atoms with van der Waals surface area (Å²) in [5, 5.41) is 1.13. The summed E-state index contributed by atoms with van der Waals surface area (Å²) in [6.45, 7) is 1.38. The summed E-state index contributed by atoms with van der Waals surface area (Å²) in [5.41, 5.74) is 0.953. The summed E-state index contributed by atoms with van der Waals surface area (Å²) < 4.78 is 5.33. The van der Waals surface area contributed by atoms with E-state index in [0.717, 1.165) is 11.4 Å². The SMILES string of the molecule is COc1c(Cl)cc(Cl)cc1CN(C)Cc1ncc[nH]1. The number of nitrogens with one attached hydrogen (secondary N) is 1. The first kappa shape index (κ1) is 14.2. The third-order valence-corrected chi connectivity index (χ3v) is 3.20. The number of benzene rings is 1. The molecule has 0 aliphatic carbocycles. The molecule has 1 heterocycles. The van der Waals surface area contributed by atoms with Crippen molar-refractivity contribution in [2.75, 3.05) is 14.2 Å². The lowest BCUT2D eigenvalue weighted by Crippen LogP contribution is -2.18. The van der Waals surface area contributed by atoms with E-state index < -0.39 is 0 Å². The molecular weight excluding hydrogens is 285 g/mol. The Bertz CT molecular complexity index is 543. The number of nitrogens with zero attached hydrogens (tertiary/aromatic N) is 2. The van der Waals surface area contributed by atoms with E-state index in [1.807, 2.05) is 13.1 Å². The second-order valence-electron chi connectivity index (χ2n) is 4.29. The van der Waals surface area contributed by atoms with Gasteiger partial charge in [0.1, 0.15) is 11.6 Å². The maximum atomic E-state index is 6.11. The van der Waals surface area contributed by atoms with E-state index in [1.165, 1.54) is 0 Å². The highest BCUT2D eigenvalue weighted by Crippen LogP contribution is 2.32. The van der Waals surface area contributed by atoms with Gasteiger partial charge in [-0.3, -0.25) is 4.90 Å². The molecule has 0 aliphatic heterocycles. The first-order chi connectivity index (χ1) is 9.10. The fourth-order valence-corrected chi connectivity index (χ4v) is 2.56. The van der Waals surface area contributed by atoms with Crippen LogP contribution in [0.15, 0.2) is 24.5 Å². The Kier molecular flexibility index (Phi) is 4.69. The predicted molar refractivity (Wildman–Crippen MR) is 76.8 cm³/mol. The molecule has 0 aliphatic rings. The van der Waals surface area contributed by atoms with E-state index in [4.69, 9.17) is 27.9 Å². The van der Waals surface area contributed by atoms with Crippen LogP contribution in [0.3, 0.4) is 0 Å². The Labute approximate surface area is 122 Å². The standard InChI is InChI=1S/C13H15Cl2N3O/c1-18(8-12-16-3-4-17-12)7-9-5-10(14)6-11(15)13(9)19-2/h3-6H,7-8H2,1-2H3,(H,16,17). The van der Waals surface area contributed by atoms with Gasteiger partial charge in [0.2, 0.25) is 0 Å². The molecule has 19 heavy (non-hydrogen) atoms. The number of imidazole rings is 1. The van der Waals surface area contributed by atoms with Crippen LogP contribution in [0.4, 0.5) is 0 Å². The molecule has 102 valence electrons. The number of halogens is 2. The number of hydrogen-bond acceptors (Lipinski definition) is 3. The monoisotopic (exact) mass is 299 g/mol. The third-order valence-electron chi connectivity index (χ3n) is 2.70. The van der Waals surface area contributed by atoms with E-state index in [1.54, 1.807) is 25.6 Å². The first-order valence-corrected chi connectivity index (χ1v) is 6.54. The number of rotatable bonds is 5. The van der Waals surface area contributed by atoms with Crippen molar-refractivity contribution in [3.63, 3.8) is 0 Å². The molecule has 0 radical (unpaired) electrons. The second-order valence-corrected chi connectivity index (χ2v) is 5.13. The number of aromatic nitrogens is 2. The zero-order chi connectivity index (χ0) is 13.8.